The molecule has 0 spiro atoms. The van der Waals surface area contributed by atoms with Crippen LogP contribution in [0.4, 0.5) is 0 Å². The number of unbranched alkanes of at least 4 members (excludes halogenated alkanes) is 1. The molecule has 1 aliphatic carbocycles. The van der Waals surface area contributed by atoms with E-state index in [0.717, 1.165) is 19.1 Å². The van der Waals surface area contributed by atoms with Gasteiger partial charge in [-0.3, -0.25) is 4.90 Å². The van der Waals surface area contributed by atoms with E-state index >= 15 is 0 Å². The monoisotopic (exact) mass is 181 g/mol. The lowest BCUT2D eigenvalue weighted by atomic mass is 10.2. The molecule has 0 saturated heterocycles. The van der Waals surface area contributed by atoms with Crippen molar-refractivity contribution in [1.82, 2.24) is 4.90 Å². The molecule has 74 valence electrons. The van der Waals surface area contributed by atoms with Crippen molar-refractivity contribution in [3.8, 4) is 6.07 Å². The molecule has 0 amide bonds. The fourth-order valence-corrected chi connectivity index (χ4v) is 1.52. The van der Waals surface area contributed by atoms with E-state index in [1.165, 1.54) is 25.7 Å². The zero-order valence-electron chi connectivity index (χ0n) is 8.37. The predicted molar refractivity (Wildman–Crippen MR) is 53.1 cm³/mol. The number of nitriles is 1. The highest BCUT2D eigenvalue weighted by Gasteiger charge is 2.29. The molecule has 0 radical (unpaired) electrons. The minimum Gasteiger partial charge on any atom is -0.315 e. The second kappa shape index (κ2) is 5.21. The standard InChI is InChI=1S/C10H19N3/c1-2-3-6-13(10-4-5-10)8-9(12)7-11/h9-10H,2-6,8,12H2,1H3. The first kappa shape index (κ1) is 10.5. The van der Waals surface area contributed by atoms with Crippen LogP contribution in [0, 0.1) is 11.3 Å². The van der Waals surface area contributed by atoms with Gasteiger partial charge in [-0.25, -0.2) is 0 Å². The normalized spacial score (nSPS) is 18.6. The smallest absolute Gasteiger partial charge is 0.106 e. The summed E-state index contributed by atoms with van der Waals surface area (Å²) >= 11 is 0. The molecule has 1 unspecified atom stereocenters. The maximum Gasteiger partial charge on any atom is 0.106 e. The number of nitrogens with two attached hydrogens (primary N) is 1. The van der Waals surface area contributed by atoms with Crippen molar-refractivity contribution in [2.45, 2.75) is 44.7 Å². The molecule has 1 fully saturated rings. The van der Waals surface area contributed by atoms with Gasteiger partial charge in [0, 0.05) is 12.6 Å². The number of rotatable bonds is 6. The van der Waals surface area contributed by atoms with Crippen molar-refractivity contribution in [2.75, 3.05) is 13.1 Å². The summed E-state index contributed by atoms with van der Waals surface area (Å²) < 4.78 is 0. The lowest BCUT2D eigenvalue weighted by Gasteiger charge is -2.22. The summed E-state index contributed by atoms with van der Waals surface area (Å²) in [7, 11) is 0. The Morgan fingerprint density at radius 2 is 2.31 bits per heavy atom. The van der Waals surface area contributed by atoms with Crippen molar-refractivity contribution in [2.24, 2.45) is 5.73 Å². The van der Waals surface area contributed by atoms with E-state index in [9.17, 15) is 0 Å². The molecule has 1 saturated carbocycles. The van der Waals surface area contributed by atoms with E-state index in [2.05, 4.69) is 17.9 Å². The van der Waals surface area contributed by atoms with Crippen LogP contribution in [0.15, 0.2) is 0 Å². The van der Waals surface area contributed by atoms with Crippen LogP contribution in [0.3, 0.4) is 0 Å². The van der Waals surface area contributed by atoms with Crippen LogP contribution in [0.1, 0.15) is 32.6 Å². The third kappa shape index (κ3) is 3.75. The van der Waals surface area contributed by atoms with Crippen LogP contribution in [0.25, 0.3) is 0 Å². The predicted octanol–water partition coefficient (Wildman–Crippen LogP) is 1.10. The highest BCUT2D eigenvalue weighted by molar-refractivity contribution is 4.93. The van der Waals surface area contributed by atoms with E-state index in [0.29, 0.717) is 0 Å². The first-order valence-electron chi connectivity index (χ1n) is 5.17. The summed E-state index contributed by atoms with van der Waals surface area (Å²) in [6.07, 6.45) is 5.02. The molecule has 1 atom stereocenters. The second-order valence-electron chi connectivity index (χ2n) is 3.82. The van der Waals surface area contributed by atoms with Gasteiger partial charge < -0.3 is 5.73 Å². The highest BCUT2D eigenvalue weighted by Crippen LogP contribution is 2.26. The van der Waals surface area contributed by atoms with Crippen molar-refractivity contribution in [1.29, 1.82) is 5.26 Å². The number of nitrogens with zero attached hydrogens (tertiary/aromatic N) is 2. The summed E-state index contributed by atoms with van der Waals surface area (Å²) in [4.78, 5) is 2.37. The fourth-order valence-electron chi connectivity index (χ4n) is 1.52. The van der Waals surface area contributed by atoms with Crippen LogP contribution in [0.5, 0.6) is 0 Å². The molecule has 0 aliphatic heterocycles. The van der Waals surface area contributed by atoms with Crippen molar-refractivity contribution < 1.29 is 0 Å². The van der Waals surface area contributed by atoms with Crippen molar-refractivity contribution in [3.63, 3.8) is 0 Å². The first-order valence-corrected chi connectivity index (χ1v) is 5.17. The van der Waals surface area contributed by atoms with Crippen LogP contribution >= 0.6 is 0 Å². The Morgan fingerprint density at radius 3 is 2.77 bits per heavy atom. The fraction of sp³-hybridized carbons (Fsp3) is 0.900. The SMILES string of the molecule is CCCCN(CC(N)C#N)C1CC1. The Kier molecular flexibility index (Phi) is 4.20. The zero-order valence-corrected chi connectivity index (χ0v) is 8.37. The molecule has 0 bridgehead atoms. The average Bonchev–Trinajstić information content (AvgIpc) is 2.94. The van der Waals surface area contributed by atoms with Crippen molar-refractivity contribution >= 4 is 0 Å². The van der Waals surface area contributed by atoms with E-state index in [1.807, 2.05) is 0 Å². The molecule has 3 heteroatoms. The Balaban J connectivity index is 2.25. The number of hydrogen-bond donors (Lipinski definition) is 1. The Bertz CT molecular complexity index is 181. The lowest BCUT2D eigenvalue weighted by Crippen LogP contribution is -2.38. The van der Waals surface area contributed by atoms with Gasteiger partial charge in [-0.15, -0.1) is 0 Å². The van der Waals surface area contributed by atoms with Gasteiger partial charge in [-0.2, -0.15) is 5.26 Å². The van der Waals surface area contributed by atoms with Crippen LogP contribution in [-0.4, -0.2) is 30.1 Å². The summed E-state index contributed by atoms with van der Waals surface area (Å²) in [6, 6.07) is 2.51. The lowest BCUT2D eigenvalue weighted by molar-refractivity contribution is 0.255. The van der Waals surface area contributed by atoms with Crippen LogP contribution < -0.4 is 5.73 Å². The quantitative estimate of drug-likeness (QED) is 0.667. The topological polar surface area (TPSA) is 53.0 Å². The maximum absolute atomic E-state index is 8.61. The van der Waals surface area contributed by atoms with E-state index in [-0.39, 0.29) is 6.04 Å². The maximum atomic E-state index is 8.61. The molecule has 3 nitrogen and oxygen atoms in total. The van der Waals surface area contributed by atoms with Gasteiger partial charge in [0.05, 0.1) is 6.07 Å². The molecule has 1 aliphatic rings. The molecule has 0 aromatic carbocycles. The summed E-state index contributed by atoms with van der Waals surface area (Å²) in [6.45, 7) is 4.05. The molecule has 1 rings (SSSR count). The summed E-state index contributed by atoms with van der Waals surface area (Å²) in [5.41, 5.74) is 5.61. The van der Waals surface area contributed by atoms with Gasteiger partial charge in [0.1, 0.15) is 6.04 Å². The molecular formula is C10H19N3. The van der Waals surface area contributed by atoms with Crippen molar-refractivity contribution in [3.05, 3.63) is 0 Å². The molecule has 2 N–H and O–H groups in total. The molecular weight excluding hydrogens is 162 g/mol. The van der Waals surface area contributed by atoms with Gasteiger partial charge in [0.25, 0.3) is 0 Å². The average molecular weight is 181 g/mol. The minimum atomic E-state index is -0.308. The first-order chi connectivity index (χ1) is 6.27. The molecule has 0 heterocycles. The van der Waals surface area contributed by atoms with E-state index < -0.39 is 0 Å². The van der Waals surface area contributed by atoms with Gasteiger partial charge in [-0.1, -0.05) is 13.3 Å². The van der Waals surface area contributed by atoms with Crippen LogP contribution in [0.2, 0.25) is 0 Å². The summed E-state index contributed by atoms with van der Waals surface area (Å²) in [5.74, 6) is 0. The molecule has 0 aromatic heterocycles. The minimum absolute atomic E-state index is 0.308. The Labute approximate surface area is 80.5 Å². The van der Waals surface area contributed by atoms with E-state index in [1.54, 1.807) is 0 Å². The van der Waals surface area contributed by atoms with Gasteiger partial charge in [0.15, 0.2) is 0 Å². The third-order valence-electron chi connectivity index (χ3n) is 2.46. The number of hydrogen-bond acceptors (Lipinski definition) is 3. The molecule has 0 aromatic rings. The van der Waals surface area contributed by atoms with Gasteiger partial charge in [0.2, 0.25) is 0 Å². The third-order valence-corrected chi connectivity index (χ3v) is 2.46. The highest BCUT2D eigenvalue weighted by atomic mass is 15.2. The van der Waals surface area contributed by atoms with Gasteiger partial charge in [-0.05, 0) is 25.8 Å². The second-order valence-corrected chi connectivity index (χ2v) is 3.82. The summed E-state index contributed by atoms with van der Waals surface area (Å²) in [5, 5.41) is 8.61. The van der Waals surface area contributed by atoms with E-state index in [4.69, 9.17) is 11.0 Å². The largest absolute Gasteiger partial charge is 0.315 e. The zero-order chi connectivity index (χ0) is 9.68. The molecule has 13 heavy (non-hydrogen) atoms. The Hall–Kier alpha value is -0.590. The Morgan fingerprint density at radius 1 is 1.62 bits per heavy atom. The van der Waals surface area contributed by atoms with Crippen LogP contribution in [-0.2, 0) is 0 Å². The van der Waals surface area contributed by atoms with Gasteiger partial charge >= 0.3 is 0 Å².